The highest BCUT2D eigenvalue weighted by Crippen LogP contribution is 2.54. The van der Waals surface area contributed by atoms with Gasteiger partial charge in [-0.3, -0.25) is 14.8 Å². The van der Waals surface area contributed by atoms with Crippen molar-refractivity contribution in [3.8, 4) is 0 Å². The molecule has 0 saturated carbocycles. The van der Waals surface area contributed by atoms with E-state index in [0.717, 1.165) is 0 Å². The summed E-state index contributed by atoms with van der Waals surface area (Å²) < 4.78 is 77.7. The average molecular weight is 302 g/mol. The molecule has 0 radical (unpaired) electrons. The number of anilines is 1. The zero-order chi connectivity index (χ0) is 15.3. The molecular formula is C8H4F6N4O2. The third-order valence-corrected chi connectivity index (χ3v) is 2.59. The molecule has 0 aliphatic carbocycles. The van der Waals surface area contributed by atoms with E-state index in [4.69, 9.17) is 0 Å². The van der Waals surface area contributed by atoms with E-state index >= 15 is 0 Å². The Morgan fingerprint density at radius 1 is 1.00 bits per heavy atom. The molecule has 0 amide bonds. The molecule has 2 heterocycles. The Labute approximate surface area is 104 Å². The number of alkyl halides is 6. The summed E-state index contributed by atoms with van der Waals surface area (Å²) in [5.74, 6) is -1.01. The van der Waals surface area contributed by atoms with Gasteiger partial charge in [-0.2, -0.15) is 26.3 Å². The van der Waals surface area contributed by atoms with Crippen molar-refractivity contribution in [1.82, 2.24) is 9.97 Å². The summed E-state index contributed by atoms with van der Waals surface area (Å²) in [5.41, 5.74) is -9.59. The first-order chi connectivity index (χ1) is 9.00. The summed E-state index contributed by atoms with van der Waals surface area (Å²) in [7, 11) is 0. The Hall–Kier alpha value is -2.27. The number of aliphatic imine (C=N–C) groups is 1. The van der Waals surface area contributed by atoms with E-state index in [1.165, 1.54) is 4.98 Å². The summed E-state index contributed by atoms with van der Waals surface area (Å²) >= 11 is 0. The van der Waals surface area contributed by atoms with Crippen LogP contribution in [0.15, 0.2) is 14.6 Å². The van der Waals surface area contributed by atoms with Crippen LogP contribution in [0, 0.1) is 0 Å². The molecule has 0 bridgehead atoms. The molecule has 1 aromatic heterocycles. The highest BCUT2D eigenvalue weighted by molar-refractivity contribution is 5.79. The molecule has 0 fully saturated rings. The molecule has 110 valence electrons. The number of nitrogens with one attached hydrogen (secondary N) is 3. The van der Waals surface area contributed by atoms with Gasteiger partial charge in [0.15, 0.2) is 0 Å². The van der Waals surface area contributed by atoms with Crippen LogP contribution in [-0.4, -0.2) is 28.7 Å². The molecule has 6 nitrogen and oxygen atoms in total. The highest BCUT2D eigenvalue weighted by atomic mass is 19.4. The maximum Gasteiger partial charge on any atom is 0.427 e. The van der Waals surface area contributed by atoms with E-state index in [-0.39, 0.29) is 6.34 Å². The molecule has 1 aromatic rings. The molecule has 0 saturated heterocycles. The Bertz CT molecular complexity index is 668. The van der Waals surface area contributed by atoms with Crippen molar-refractivity contribution in [2.24, 2.45) is 4.99 Å². The van der Waals surface area contributed by atoms with E-state index in [2.05, 4.69) is 4.99 Å². The van der Waals surface area contributed by atoms with E-state index in [0.29, 0.717) is 0 Å². The summed E-state index contributed by atoms with van der Waals surface area (Å²) in [6.07, 6.45) is -11.7. The lowest BCUT2D eigenvalue weighted by Crippen LogP contribution is -2.57. The molecular weight excluding hydrogens is 298 g/mol. The first-order valence-corrected chi connectivity index (χ1v) is 4.81. The highest BCUT2D eigenvalue weighted by Gasteiger charge is 2.75. The number of halogens is 6. The van der Waals surface area contributed by atoms with Crippen molar-refractivity contribution in [1.29, 1.82) is 0 Å². The van der Waals surface area contributed by atoms with E-state index in [9.17, 15) is 35.9 Å². The lowest BCUT2D eigenvalue weighted by atomic mass is 9.89. The summed E-state index contributed by atoms with van der Waals surface area (Å²) in [5, 5.41) is 1.88. The van der Waals surface area contributed by atoms with Gasteiger partial charge in [-0.05, 0) is 0 Å². The Kier molecular flexibility index (Phi) is 2.73. The summed E-state index contributed by atoms with van der Waals surface area (Å²) in [4.78, 5) is 27.7. The van der Waals surface area contributed by atoms with Crippen molar-refractivity contribution in [3.05, 3.63) is 26.4 Å². The molecule has 2 rings (SSSR count). The van der Waals surface area contributed by atoms with Crippen LogP contribution in [0.4, 0.5) is 32.2 Å². The number of fused-ring (bicyclic) bond motifs is 1. The fourth-order valence-electron chi connectivity index (χ4n) is 1.79. The lowest BCUT2D eigenvalue weighted by molar-refractivity contribution is -0.301. The van der Waals surface area contributed by atoms with E-state index in [1.54, 1.807) is 4.98 Å². The first-order valence-electron chi connectivity index (χ1n) is 4.81. The predicted molar refractivity (Wildman–Crippen MR) is 53.6 cm³/mol. The number of H-pyrrole nitrogens is 2. The standard InChI is InChI=1S/C8H4F6N4O2/c9-7(10,11)6(8(12,13)14)2-3(15-1-16-6)17-5(20)18-4(2)19/h1H,(H3,15,16,17,18,19,20). The molecule has 1 aliphatic heterocycles. The molecule has 0 spiro atoms. The van der Waals surface area contributed by atoms with Gasteiger partial charge in [0.1, 0.15) is 11.4 Å². The topological polar surface area (TPSA) is 90.1 Å². The minimum atomic E-state index is -5.93. The first kappa shape index (κ1) is 14.1. The average Bonchev–Trinajstić information content (AvgIpc) is 2.24. The molecule has 0 atom stereocenters. The molecule has 1 aliphatic rings. The lowest BCUT2D eigenvalue weighted by Gasteiger charge is -2.35. The van der Waals surface area contributed by atoms with Gasteiger partial charge in [0, 0.05) is 0 Å². The maximum absolute atomic E-state index is 12.9. The van der Waals surface area contributed by atoms with Crippen molar-refractivity contribution in [2.45, 2.75) is 17.9 Å². The smallest absolute Gasteiger partial charge is 0.332 e. The minimum absolute atomic E-state index is 0.124. The molecule has 12 heteroatoms. The fraction of sp³-hybridized carbons (Fsp3) is 0.375. The number of rotatable bonds is 0. The van der Waals surface area contributed by atoms with Crippen molar-refractivity contribution in [2.75, 3.05) is 5.32 Å². The molecule has 0 aromatic carbocycles. The van der Waals surface area contributed by atoms with Gasteiger partial charge < -0.3 is 5.32 Å². The zero-order valence-corrected chi connectivity index (χ0v) is 9.11. The van der Waals surface area contributed by atoms with Crippen LogP contribution < -0.4 is 16.6 Å². The third kappa shape index (κ3) is 1.71. The minimum Gasteiger partial charge on any atom is -0.332 e. The second-order valence-electron chi connectivity index (χ2n) is 3.77. The predicted octanol–water partition coefficient (Wildman–Crippen LogP) is 0.837. The monoisotopic (exact) mass is 302 g/mol. The largest absolute Gasteiger partial charge is 0.427 e. The summed E-state index contributed by atoms with van der Waals surface area (Å²) in [6, 6.07) is 0. The maximum atomic E-state index is 12.9. The Morgan fingerprint density at radius 2 is 1.55 bits per heavy atom. The van der Waals surface area contributed by atoms with Crippen molar-refractivity contribution in [3.63, 3.8) is 0 Å². The van der Waals surface area contributed by atoms with Crippen molar-refractivity contribution < 1.29 is 26.3 Å². The van der Waals surface area contributed by atoms with Crippen LogP contribution in [0.25, 0.3) is 0 Å². The molecule has 0 unspecified atom stereocenters. The van der Waals surface area contributed by atoms with Crippen LogP contribution in [0.5, 0.6) is 0 Å². The number of aromatic amines is 2. The number of nitrogens with zero attached hydrogens (tertiary/aromatic N) is 1. The van der Waals surface area contributed by atoms with E-state index in [1.807, 2.05) is 5.32 Å². The quantitative estimate of drug-likeness (QED) is 0.620. The fourth-order valence-corrected chi connectivity index (χ4v) is 1.79. The second-order valence-corrected chi connectivity index (χ2v) is 3.77. The Morgan fingerprint density at radius 3 is 2.05 bits per heavy atom. The van der Waals surface area contributed by atoms with Crippen LogP contribution >= 0.6 is 0 Å². The van der Waals surface area contributed by atoms with Crippen LogP contribution in [0.2, 0.25) is 0 Å². The number of hydrogen-bond acceptors (Lipinski definition) is 4. The van der Waals surface area contributed by atoms with Gasteiger partial charge in [0.05, 0.1) is 6.34 Å². The van der Waals surface area contributed by atoms with Crippen LogP contribution in [-0.2, 0) is 5.54 Å². The van der Waals surface area contributed by atoms with Gasteiger partial charge in [-0.1, -0.05) is 0 Å². The number of aromatic nitrogens is 2. The number of hydrogen-bond donors (Lipinski definition) is 3. The van der Waals surface area contributed by atoms with Gasteiger partial charge in [0.2, 0.25) is 0 Å². The Balaban J connectivity index is 2.94. The van der Waals surface area contributed by atoms with Crippen LogP contribution in [0.3, 0.4) is 0 Å². The zero-order valence-electron chi connectivity index (χ0n) is 9.11. The van der Waals surface area contributed by atoms with Gasteiger partial charge in [-0.15, -0.1) is 0 Å². The van der Waals surface area contributed by atoms with Gasteiger partial charge in [-0.25, -0.2) is 9.79 Å². The third-order valence-electron chi connectivity index (χ3n) is 2.59. The van der Waals surface area contributed by atoms with Gasteiger partial charge in [0.25, 0.3) is 11.1 Å². The van der Waals surface area contributed by atoms with Crippen LogP contribution in [0.1, 0.15) is 5.56 Å². The normalized spacial score (nSPS) is 17.5. The second kappa shape index (κ2) is 3.86. The molecule has 3 N–H and O–H groups in total. The summed E-state index contributed by atoms with van der Waals surface area (Å²) in [6.45, 7) is 0. The van der Waals surface area contributed by atoms with Crippen molar-refractivity contribution >= 4 is 12.2 Å². The molecule has 20 heavy (non-hydrogen) atoms. The van der Waals surface area contributed by atoms with Gasteiger partial charge >= 0.3 is 18.0 Å². The SMILES string of the molecule is O=c1[nH]c2c(c(=O)[nH]1)C(C(F)(F)F)(C(F)(F)F)N=CN2. The van der Waals surface area contributed by atoms with E-state index < -0.39 is 40.5 Å².